The second kappa shape index (κ2) is 8.17. The molecule has 0 amide bonds. The number of ether oxygens (including phenoxy) is 2. The minimum atomic E-state index is 0.0158. The molecule has 10 atom stereocenters. The molecule has 7 rings (SSSR count). The van der Waals surface area contributed by atoms with Gasteiger partial charge in [0.25, 0.3) is 0 Å². The smallest absolute Gasteiger partial charge is 0.310 e. The summed E-state index contributed by atoms with van der Waals surface area (Å²) in [6.45, 7) is 28.0. The van der Waals surface area contributed by atoms with Crippen LogP contribution in [0.2, 0.25) is 0 Å². The number of esters is 1. The van der Waals surface area contributed by atoms with Gasteiger partial charge in [-0.3, -0.25) is 4.79 Å². The van der Waals surface area contributed by atoms with Crippen molar-refractivity contribution in [3.05, 3.63) is 0 Å². The largest absolute Gasteiger partial charge is 0.462 e. The minimum Gasteiger partial charge on any atom is -0.462 e. The number of hydrogen-bond donors (Lipinski definition) is 0. The normalized spacial score (nSPS) is 53.7. The Bertz CT molecular complexity index is 1120. The van der Waals surface area contributed by atoms with Gasteiger partial charge in [0, 0.05) is 5.41 Å². The van der Waals surface area contributed by atoms with E-state index in [1.54, 1.807) is 0 Å². The third-order valence-electron chi connectivity index (χ3n) is 17.6. The van der Waals surface area contributed by atoms with Crippen molar-refractivity contribution in [3.8, 4) is 0 Å². The summed E-state index contributed by atoms with van der Waals surface area (Å²) in [6, 6.07) is 0. The maximum atomic E-state index is 13.5. The summed E-state index contributed by atoms with van der Waals surface area (Å²) in [5.74, 6) is 3.04. The Kier molecular flexibility index (Phi) is 5.81. The molecule has 0 unspecified atom stereocenters. The molecule has 0 aromatic rings. The van der Waals surface area contributed by atoms with Crippen LogP contribution in [0.4, 0.5) is 0 Å². The Balaban J connectivity index is 1.16. The van der Waals surface area contributed by atoms with Crippen molar-refractivity contribution in [3.63, 3.8) is 0 Å². The van der Waals surface area contributed by atoms with Crippen molar-refractivity contribution in [2.45, 2.75) is 153 Å². The van der Waals surface area contributed by atoms with Crippen molar-refractivity contribution in [1.82, 2.24) is 0 Å². The molecule has 0 radical (unpaired) electrons. The molecule has 0 aromatic heterocycles. The van der Waals surface area contributed by atoms with E-state index in [4.69, 9.17) is 9.47 Å². The van der Waals surface area contributed by atoms with Gasteiger partial charge < -0.3 is 9.47 Å². The molecule has 7 aliphatic rings. The first-order valence-electron chi connectivity index (χ1n) is 17.6. The van der Waals surface area contributed by atoms with Crippen molar-refractivity contribution >= 4 is 5.97 Å². The SMILES string of the molecule is CC1(C)CC[C@]23CC[C@]4(C)[C@H](CC[C@H]5[C@@]6(C)CC[C@H](OC(=O)C7C(C)(C)C7(C)C)C(C)(C)[C@@H]6CC[C@]54C)[C@H]2[C@H]1OC3. The van der Waals surface area contributed by atoms with Gasteiger partial charge >= 0.3 is 5.97 Å². The Morgan fingerprint density at radius 2 is 1.34 bits per heavy atom. The summed E-state index contributed by atoms with van der Waals surface area (Å²) in [7, 11) is 0. The highest BCUT2D eigenvalue weighted by Crippen LogP contribution is 2.78. The second-order valence-electron chi connectivity index (χ2n) is 19.9. The predicted molar refractivity (Wildman–Crippen MR) is 165 cm³/mol. The van der Waals surface area contributed by atoms with Crippen LogP contribution in [0.5, 0.6) is 0 Å². The van der Waals surface area contributed by atoms with Crippen LogP contribution < -0.4 is 0 Å². The van der Waals surface area contributed by atoms with Gasteiger partial charge in [-0.05, 0) is 126 Å². The standard InChI is InChI=1S/C38H62O3/c1-31(2)18-20-38-21-19-36(10)23(27(38)29(31)40-22-38)12-13-25-35(9)16-15-26(32(3,4)24(35)14-17-37(25,36)11)41-30(39)28-33(5,6)34(28,7)8/h23-29H,12-22H2,1-11H3/t23-,24+,25+,26+,27+,29-,35+,36-,37-,38-/m1/s1. The fourth-order valence-corrected chi connectivity index (χ4v) is 14.2. The van der Waals surface area contributed by atoms with Gasteiger partial charge in [-0.15, -0.1) is 0 Å². The van der Waals surface area contributed by atoms with Crippen molar-refractivity contribution < 1.29 is 14.3 Å². The molecule has 2 bridgehead atoms. The van der Waals surface area contributed by atoms with Crippen molar-refractivity contribution in [1.29, 1.82) is 0 Å². The van der Waals surface area contributed by atoms with E-state index in [-0.39, 0.29) is 34.2 Å². The van der Waals surface area contributed by atoms with E-state index in [1.807, 2.05) is 0 Å². The number of rotatable bonds is 2. The van der Waals surface area contributed by atoms with Crippen molar-refractivity contribution in [2.75, 3.05) is 6.61 Å². The summed E-state index contributed by atoms with van der Waals surface area (Å²) in [5.41, 5.74) is 1.96. The topological polar surface area (TPSA) is 35.5 Å². The predicted octanol–water partition coefficient (Wildman–Crippen LogP) is 9.47. The maximum Gasteiger partial charge on any atom is 0.310 e. The molecule has 3 heteroatoms. The molecule has 1 aliphatic heterocycles. The number of carbonyl (C=O) groups is 1. The fourth-order valence-electron chi connectivity index (χ4n) is 14.2. The molecule has 232 valence electrons. The van der Waals surface area contributed by atoms with E-state index in [0.717, 1.165) is 30.8 Å². The third kappa shape index (κ3) is 3.35. The van der Waals surface area contributed by atoms with E-state index in [9.17, 15) is 4.79 Å². The molecule has 1 saturated heterocycles. The zero-order chi connectivity index (χ0) is 29.8. The third-order valence-corrected chi connectivity index (χ3v) is 17.6. The Morgan fingerprint density at radius 3 is 2.00 bits per heavy atom. The van der Waals surface area contributed by atoms with Gasteiger partial charge in [0.15, 0.2) is 0 Å². The van der Waals surface area contributed by atoms with E-state index < -0.39 is 0 Å². The summed E-state index contributed by atoms with van der Waals surface area (Å²) in [6.07, 6.45) is 13.7. The molecular formula is C38H62O3. The van der Waals surface area contributed by atoms with Gasteiger partial charge in [-0.2, -0.15) is 0 Å². The minimum absolute atomic E-state index is 0.0158. The highest BCUT2D eigenvalue weighted by Gasteiger charge is 2.73. The van der Waals surface area contributed by atoms with E-state index >= 15 is 0 Å². The Labute approximate surface area is 252 Å². The fraction of sp³-hybridized carbons (Fsp3) is 0.974. The van der Waals surface area contributed by atoms with Crippen LogP contribution in [0.15, 0.2) is 0 Å². The van der Waals surface area contributed by atoms with E-state index in [1.165, 1.54) is 57.8 Å². The number of hydrogen-bond acceptors (Lipinski definition) is 3. The van der Waals surface area contributed by atoms with Gasteiger partial charge in [-0.25, -0.2) is 0 Å². The van der Waals surface area contributed by atoms with E-state index in [2.05, 4.69) is 76.2 Å². The molecule has 0 spiro atoms. The molecule has 6 saturated carbocycles. The highest BCUT2D eigenvalue weighted by molar-refractivity contribution is 5.79. The lowest BCUT2D eigenvalue weighted by molar-refractivity contribution is -0.254. The lowest BCUT2D eigenvalue weighted by Crippen LogP contribution is -2.68. The van der Waals surface area contributed by atoms with Gasteiger partial charge in [0.2, 0.25) is 0 Å². The molecular weight excluding hydrogens is 504 g/mol. The lowest BCUT2D eigenvalue weighted by Gasteiger charge is -2.73. The first-order valence-corrected chi connectivity index (χ1v) is 17.6. The van der Waals surface area contributed by atoms with Crippen LogP contribution in [0.3, 0.4) is 0 Å². The summed E-state index contributed by atoms with van der Waals surface area (Å²) < 4.78 is 13.3. The second-order valence-corrected chi connectivity index (χ2v) is 19.9. The molecule has 41 heavy (non-hydrogen) atoms. The molecule has 1 heterocycles. The Morgan fingerprint density at radius 1 is 0.683 bits per heavy atom. The number of carbonyl (C=O) groups excluding carboxylic acids is 1. The Hall–Kier alpha value is -0.570. The quantitative estimate of drug-likeness (QED) is 0.312. The molecule has 0 aromatic carbocycles. The van der Waals surface area contributed by atoms with Crippen LogP contribution in [0.1, 0.15) is 140 Å². The molecule has 6 aliphatic carbocycles. The average Bonchev–Trinajstić information content (AvgIpc) is 3.12. The van der Waals surface area contributed by atoms with E-state index in [0.29, 0.717) is 39.1 Å². The van der Waals surface area contributed by atoms with Crippen LogP contribution in [-0.2, 0) is 14.3 Å². The van der Waals surface area contributed by atoms with Crippen LogP contribution in [0, 0.1) is 72.9 Å². The summed E-state index contributed by atoms with van der Waals surface area (Å²) in [4.78, 5) is 13.5. The summed E-state index contributed by atoms with van der Waals surface area (Å²) in [5, 5.41) is 0. The van der Waals surface area contributed by atoms with Gasteiger partial charge in [0.05, 0.1) is 18.6 Å². The first kappa shape index (κ1) is 29.2. The molecule has 7 fully saturated rings. The monoisotopic (exact) mass is 566 g/mol. The zero-order valence-corrected chi connectivity index (χ0v) is 28.5. The van der Waals surface area contributed by atoms with Crippen LogP contribution >= 0.6 is 0 Å². The van der Waals surface area contributed by atoms with Gasteiger partial charge in [-0.1, -0.05) is 76.2 Å². The average molecular weight is 567 g/mol. The van der Waals surface area contributed by atoms with Crippen LogP contribution in [-0.4, -0.2) is 24.8 Å². The van der Waals surface area contributed by atoms with Crippen LogP contribution in [0.25, 0.3) is 0 Å². The lowest BCUT2D eigenvalue weighted by atomic mass is 9.31. The maximum absolute atomic E-state index is 13.5. The summed E-state index contributed by atoms with van der Waals surface area (Å²) >= 11 is 0. The van der Waals surface area contributed by atoms with Crippen molar-refractivity contribution in [2.24, 2.45) is 72.9 Å². The highest BCUT2D eigenvalue weighted by atomic mass is 16.5. The first-order chi connectivity index (χ1) is 18.8. The molecule has 3 nitrogen and oxygen atoms in total. The number of fused-ring (bicyclic) bond motifs is 5. The van der Waals surface area contributed by atoms with Gasteiger partial charge in [0.1, 0.15) is 6.10 Å². The molecule has 0 N–H and O–H groups in total. The zero-order valence-electron chi connectivity index (χ0n) is 28.5.